The maximum absolute atomic E-state index is 13.3. The first-order valence-corrected chi connectivity index (χ1v) is 10.5. The van der Waals surface area contributed by atoms with Crippen molar-refractivity contribution in [3.8, 4) is 6.19 Å². The number of rotatable bonds is 3. The second-order valence-electron chi connectivity index (χ2n) is 7.58. The predicted molar refractivity (Wildman–Crippen MR) is 124 cm³/mol. The first-order valence-electron chi connectivity index (χ1n) is 10.5. The van der Waals surface area contributed by atoms with E-state index in [2.05, 4.69) is 15.3 Å². The lowest BCUT2D eigenvalue weighted by Crippen LogP contribution is -2.53. The lowest BCUT2D eigenvalue weighted by molar-refractivity contribution is 0.0550. The topological polar surface area (TPSA) is 84.6 Å². The van der Waals surface area contributed by atoms with Gasteiger partial charge in [0.1, 0.15) is 0 Å². The van der Waals surface area contributed by atoms with Gasteiger partial charge in [-0.05, 0) is 36.2 Å². The van der Waals surface area contributed by atoms with Crippen LogP contribution in [0.3, 0.4) is 0 Å². The molecule has 7 heteroatoms. The number of amides is 1. The molecule has 1 saturated heterocycles. The molecule has 0 saturated carbocycles. The third kappa shape index (κ3) is 4.60. The molecule has 3 aromatic rings. The molecule has 1 unspecified atom stereocenters. The monoisotopic (exact) mass is 424 g/mol. The molecule has 1 aromatic heterocycles. The van der Waals surface area contributed by atoms with Crippen molar-refractivity contribution in [2.75, 3.05) is 25.0 Å². The number of nitriles is 1. The number of nitrogens with one attached hydrogen (secondary N) is 1. The van der Waals surface area contributed by atoms with E-state index in [1.54, 1.807) is 24.5 Å². The average Bonchev–Trinajstić information content (AvgIpc) is 2.85. The van der Waals surface area contributed by atoms with Crippen LogP contribution < -0.4 is 5.32 Å². The van der Waals surface area contributed by atoms with Gasteiger partial charge in [-0.2, -0.15) is 5.26 Å². The third-order valence-electron chi connectivity index (χ3n) is 5.60. The first-order chi connectivity index (χ1) is 15.7. The van der Waals surface area contributed by atoms with Crippen LogP contribution in [0.15, 0.2) is 84.1 Å². The average molecular weight is 425 g/mol. The van der Waals surface area contributed by atoms with E-state index in [0.29, 0.717) is 31.2 Å². The van der Waals surface area contributed by atoms with Crippen LogP contribution in [0.5, 0.6) is 0 Å². The third-order valence-corrected chi connectivity index (χ3v) is 5.60. The zero-order valence-corrected chi connectivity index (χ0v) is 17.8. The highest BCUT2D eigenvalue weighted by Gasteiger charge is 2.33. The molecule has 2 aromatic carbocycles. The Morgan fingerprint density at radius 3 is 2.50 bits per heavy atom. The minimum atomic E-state index is -0.187. The molecule has 1 atom stereocenters. The van der Waals surface area contributed by atoms with Crippen LogP contribution in [-0.2, 0) is 0 Å². The summed E-state index contributed by atoms with van der Waals surface area (Å²) in [5.74, 6) is 0.449. The van der Waals surface area contributed by atoms with Gasteiger partial charge in [-0.1, -0.05) is 48.5 Å². The molecular formula is C25H24N6O. The summed E-state index contributed by atoms with van der Waals surface area (Å²) in [5.41, 5.74) is 3.60. The molecule has 32 heavy (non-hydrogen) atoms. The zero-order valence-electron chi connectivity index (χ0n) is 17.8. The maximum Gasteiger partial charge on any atom is 0.254 e. The van der Waals surface area contributed by atoms with Crippen molar-refractivity contribution in [3.05, 3.63) is 95.8 Å². The number of anilines is 1. The number of benzene rings is 2. The summed E-state index contributed by atoms with van der Waals surface area (Å²) >= 11 is 0. The van der Waals surface area contributed by atoms with Gasteiger partial charge in [0.05, 0.1) is 6.04 Å². The van der Waals surface area contributed by atoms with Gasteiger partial charge < -0.3 is 15.1 Å². The van der Waals surface area contributed by atoms with Crippen molar-refractivity contribution in [1.29, 1.82) is 5.26 Å². The highest BCUT2D eigenvalue weighted by atomic mass is 16.2. The van der Waals surface area contributed by atoms with Gasteiger partial charge in [0.25, 0.3) is 5.91 Å². The molecule has 160 valence electrons. The largest absolute Gasteiger partial charge is 0.338 e. The van der Waals surface area contributed by atoms with Crippen molar-refractivity contribution in [2.45, 2.75) is 13.0 Å². The number of aliphatic imine (C=N–C) groups is 1. The summed E-state index contributed by atoms with van der Waals surface area (Å²) in [4.78, 5) is 25.3. The van der Waals surface area contributed by atoms with Gasteiger partial charge in [-0.25, -0.2) is 0 Å². The van der Waals surface area contributed by atoms with Gasteiger partial charge in [0.15, 0.2) is 0 Å². The fourth-order valence-electron chi connectivity index (χ4n) is 3.90. The number of hydrogen-bond acceptors (Lipinski definition) is 4. The Morgan fingerprint density at radius 2 is 1.78 bits per heavy atom. The van der Waals surface area contributed by atoms with Crippen LogP contribution in [0.1, 0.15) is 27.5 Å². The number of aromatic nitrogens is 1. The lowest BCUT2D eigenvalue weighted by atomic mass is 10.0. The summed E-state index contributed by atoms with van der Waals surface area (Å²) < 4.78 is 0. The molecule has 2 heterocycles. The molecule has 7 nitrogen and oxygen atoms in total. The number of carbonyl (C=O) groups is 1. The van der Waals surface area contributed by atoms with Gasteiger partial charge >= 0.3 is 0 Å². The van der Waals surface area contributed by atoms with Crippen LogP contribution in [0.2, 0.25) is 0 Å². The molecule has 1 aliphatic heterocycles. The number of hydrogen-bond donors (Lipinski definition) is 1. The summed E-state index contributed by atoms with van der Waals surface area (Å²) in [6, 6.07) is 21.1. The molecule has 0 bridgehead atoms. The molecule has 0 radical (unpaired) electrons. The van der Waals surface area contributed by atoms with Gasteiger partial charge in [-0.15, -0.1) is 4.99 Å². The fraction of sp³-hybridized carbons (Fsp3) is 0.200. The number of pyridine rings is 1. The minimum absolute atomic E-state index is 0.0356. The predicted octanol–water partition coefficient (Wildman–Crippen LogP) is 3.84. The summed E-state index contributed by atoms with van der Waals surface area (Å²) in [7, 11) is 0. The Labute approximate surface area is 187 Å². The van der Waals surface area contributed by atoms with E-state index in [4.69, 9.17) is 0 Å². The molecule has 0 spiro atoms. The summed E-state index contributed by atoms with van der Waals surface area (Å²) in [5, 5.41) is 12.6. The first kappa shape index (κ1) is 21.1. The number of carbonyl (C=O) groups excluding carboxylic acids is 1. The molecule has 0 aliphatic carbocycles. The normalized spacial score (nSPS) is 16.4. The van der Waals surface area contributed by atoms with E-state index in [-0.39, 0.29) is 11.9 Å². The quantitative estimate of drug-likeness (QED) is 0.392. The Bertz CT molecular complexity index is 1140. The van der Waals surface area contributed by atoms with Crippen LogP contribution in [0.4, 0.5) is 5.69 Å². The van der Waals surface area contributed by atoms with Crippen molar-refractivity contribution in [2.24, 2.45) is 4.99 Å². The second-order valence-corrected chi connectivity index (χ2v) is 7.58. The van der Waals surface area contributed by atoms with Crippen LogP contribution in [0, 0.1) is 18.4 Å². The van der Waals surface area contributed by atoms with Gasteiger partial charge in [0.2, 0.25) is 12.2 Å². The van der Waals surface area contributed by atoms with E-state index in [1.165, 1.54) is 0 Å². The van der Waals surface area contributed by atoms with Crippen LogP contribution in [-0.4, -0.2) is 46.3 Å². The standard InChI is InChI=1S/C25H24N6O/c1-19-7-5-6-10-22(19)29-25(28-18-26)30-15-16-31(24(32)21-11-13-27-14-12-21)23(17-30)20-8-3-2-4-9-20/h2-14,23H,15-17H2,1H3,(H,28,29). The minimum Gasteiger partial charge on any atom is -0.338 e. The van der Waals surface area contributed by atoms with Crippen LogP contribution >= 0.6 is 0 Å². The van der Waals surface area contributed by atoms with E-state index in [0.717, 1.165) is 16.8 Å². The lowest BCUT2D eigenvalue weighted by Gasteiger charge is -2.42. The Morgan fingerprint density at radius 1 is 1.06 bits per heavy atom. The number of nitrogens with zero attached hydrogens (tertiary/aromatic N) is 5. The summed E-state index contributed by atoms with van der Waals surface area (Å²) in [6.45, 7) is 3.57. The van der Waals surface area contributed by atoms with E-state index < -0.39 is 0 Å². The fourth-order valence-corrected chi connectivity index (χ4v) is 3.90. The van der Waals surface area contributed by atoms with Crippen molar-refractivity contribution in [1.82, 2.24) is 14.8 Å². The van der Waals surface area contributed by atoms with Crippen LogP contribution in [0.25, 0.3) is 0 Å². The SMILES string of the molecule is Cc1ccccc1N/C(=N/C#N)N1CCN(C(=O)c2ccncc2)C(c2ccccc2)C1. The Kier molecular flexibility index (Phi) is 6.42. The Hall–Kier alpha value is -4.18. The van der Waals surface area contributed by atoms with Crippen molar-refractivity contribution < 1.29 is 4.79 Å². The van der Waals surface area contributed by atoms with Gasteiger partial charge in [-0.3, -0.25) is 9.78 Å². The smallest absolute Gasteiger partial charge is 0.254 e. The number of para-hydroxylation sites is 1. The van der Waals surface area contributed by atoms with E-state index >= 15 is 0 Å². The maximum atomic E-state index is 13.3. The number of guanidine groups is 1. The number of aryl methyl sites for hydroxylation is 1. The highest BCUT2D eigenvalue weighted by Crippen LogP contribution is 2.28. The molecular weight excluding hydrogens is 400 g/mol. The Balaban J connectivity index is 1.63. The molecule has 1 aliphatic rings. The van der Waals surface area contributed by atoms with E-state index in [1.807, 2.05) is 77.5 Å². The van der Waals surface area contributed by atoms with Crippen molar-refractivity contribution >= 4 is 17.6 Å². The highest BCUT2D eigenvalue weighted by molar-refractivity contribution is 5.96. The zero-order chi connectivity index (χ0) is 22.3. The molecule has 1 amide bonds. The molecule has 1 fully saturated rings. The van der Waals surface area contributed by atoms with E-state index in [9.17, 15) is 10.1 Å². The number of piperazine rings is 1. The molecule has 4 rings (SSSR count). The summed E-state index contributed by atoms with van der Waals surface area (Å²) in [6.07, 6.45) is 5.18. The van der Waals surface area contributed by atoms with Gasteiger partial charge in [0, 0.05) is 43.3 Å². The molecule has 1 N–H and O–H groups in total. The van der Waals surface area contributed by atoms with Crippen molar-refractivity contribution in [3.63, 3.8) is 0 Å². The second kappa shape index (κ2) is 9.75.